The van der Waals surface area contributed by atoms with Crippen LogP contribution in [0.4, 0.5) is 0 Å². The Balaban J connectivity index is 1.83. The van der Waals surface area contributed by atoms with Crippen LogP contribution in [-0.2, 0) is 17.8 Å². The Labute approximate surface area is 129 Å². The second-order valence-corrected chi connectivity index (χ2v) is 5.65. The number of amides is 1. The standard InChI is InChI=1S/C16H21N3O3/c1-3-21-11-13-8-18(10-14-4-6-17-19(14)9-13)16(20)15-12(2)5-7-22-15/h4-7,13H,3,8-11H2,1-2H3/t13-/m1/s1. The van der Waals surface area contributed by atoms with E-state index in [1.54, 1.807) is 12.5 Å². The van der Waals surface area contributed by atoms with Crippen molar-refractivity contribution in [1.82, 2.24) is 14.7 Å². The Bertz CT molecular complexity index is 647. The number of nitrogens with zero attached hydrogens (tertiary/aromatic N) is 3. The summed E-state index contributed by atoms with van der Waals surface area (Å²) in [4.78, 5) is 14.6. The van der Waals surface area contributed by atoms with Crippen LogP contribution in [0.15, 0.2) is 29.0 Å². The van der Waals surface area contributed by atoms with Gasteiger partial charge in [-0.1, -0.05) is 0 Å². The summed E-state index contributed by atoms with van der Waals surface area (Å²) < 4.78 is 12.9. The molecule has 0 saturated heterocycles. The molecule has 0 aliphatic carbocycles. The maximum atomic E-state index is 12.7. The van der Waals surface area contributed by atoms with Crippen molar-refractivity contribution in [3.63, 3.8) is 0 Å². The first-order valence-corrected chi connectivity index (χ1v) is 7.60. The molecule has 0 radical (unpaired) electrons. The van der Waals surface area contributed by atoms with E-state index < -0.39 is 0 Å². The Hall–Kier alpha value is -2.08. The zero-order valence-corrected chi connectivity index (χ0v) is 13.0. The minimum atomic E-state index is -0.0707. The molecule has 0 N–H and O–H groups in total. The summed E-state index contributed by atoms with van der Waals surface area (Å²) in [5.41, 5.74) is 1.90. The topological polar surface area (TPSA) is 60.5 Å². The number of hydrogen-bond donors (Lipinski definition) is 0. The largest absolute Gasteiger partial charge is 0.459 e. The number of ether oxygens (including phenoxy) is 1. The summed E-state index contributed by atoms with van der Waals surface area (Å²) in [6.07, 6.45) is 3.33. The van der Waals surface area contributed by atoms with Gasteiger partial charge in [-0.15, -0.1) is 0 Å². The van der Waals surface area contributed by atoms with Crippen LogP contribution in [0, 0.1) is 12.8 Å². The van der Waals surface area contributed by atoms with Crippen molar-refractivity contribution < 1.29 is 13.9 Å². The van der Waals surface area contributed by atoms with Crippen molar-refractivity contribution in [2.75, 3.05) is 19.8 Å². The van der Waals surface area contributed by atoms with Crippen molar-refractivity contribution in [2.45, 2.75) is 26.9 Å². The lowest BCUT2D eigenvalue weighted by Crippen LogP contribution is -2.35. The van der Waals surface area contributed by atoms with Crippen molar-refractivity contribution in [1.29, 1.82) is 0 Å². The van der Waals surface area contributed by atoms with Crippen LogP contribution < -0.4 is 0 Å². The molecule has 1 aliphatic rings. The van der Waals surface area contributed by atoms with Gasteiger partial charge in [-0.2, -0.15) is 5.10 Å². The summed E-state index contributed by atoms with van der Waals surface area (Å²) in [6.45, 7) is 7.11. The summed E-state index contributed by atoms with van der Waals surface area (Å²) in [5, 5.41) is 4.35. The molecule has 0 bridgehead atoms. The molecule has 22 heavy (non-hydrogen) atoms. The molecule has 0 spiro atoms. The molecule has 6 nitrogen and oxygen atoms in total. The van der Waals surface area contributed by atoms with E-state index in [0.29, 0.717) is 32.1 Å². The van der Waals surface area contributed by atoms with Crippen LogP contribution in [0.5, 0.6) is 0 Å². The second-order valence-electron chi connectivity index (χ2n) is 5.65. The average molecular weight is 303 g/mol. The molecular formula is C16H21N3O3. The number of aryl methyl sites for hydroxylation is 1. The minimum Gasteiger partial charge on any atom is -0.459 e. The molecule has 118 valence electrons. The normalized spacial score (nSPS) is 18.1. The van der Waals surface area contributed by atoms with E-state index >= 15 is 0 Å². The molecule has 1 atom stereocenters. The third kappa shape index (κ3) is 2.92. The summed E-state index contributed by atoms with van der Waals surface area (Å²) in [7, 11) is 0. The van der Waals surface area contributed by atoms with Gasteiger partial charge in [-0.05, 0) is 26.0 Å². The lowest BCUT2D eigenvalue weighted by atomic mass is 10.1. The van der Waals surface area contributed by atoms with Gasteiger partial charge in [0.05, 0.1) is 25.1 Å². The van der Waals surface area contributed by atoms with E-state index in [-0.39, 0.29) is 11.8 Å². The van der Waals surface area contributed by atoms with Crippen molar-refractivity contribution in [3.8, 4) is 0 Å². The van der Waals surface area contributed by atoms with E-state index in [9.17, 15) is 4.79 Å². The minimum absolute atomic E-state index is 0.0707. The molecule has 1 amide bonds. The van der Waals surface area contributed by atoms with E-state index in [2.05, 4.69) is 5.10 Å². The second kappa shape index (κ2) is 6.36. The predicted molar refractivity (Wildman–Crippen MR) is 80.4 cm³/mol. The fraction of sp³-hybridized carbons (Fsp3) is 0.500. The number of aromatic nitrogens is 2. The molecule has 2 aromatic rings. The van der Waals surface area contributed by atoms with Gasteiger partial charge in [0.1, 0.15) is 0 Å². The third-order valence-corrected chi connectivity index (χ3v) is 3.97. The quantitative estimate of drug-likeness (QED) is 0.868. The smallest absolute Gasteiger partial charge is 0.290 e. The zero-order valence-electron chi connectivity index (χ0n) is 13.0. The van der Waals surface area contributed by atoms with Crippen LogP contribution in [0.25, 0.3) is 0 Å². The number of rotatable bonds is 4. The number of fused-ring (bicyclic) bond motifs is 1. The van der Waals surface area contributed by atoms with Gasteiger partial charge in [-0.3, -0.25) is 9.48 Å². The van der Waals surface area contributed by atoms with Crippen LogP contribution in [0.2, 0.25) is 0 Å². The van der Waals surface area contributed by atoms with Gasteiger partial charge in [0.25, 0.3) is 5.91 Å². The van der Waals surface area contributed by atoms with Gasteiger partial charge < -0.3 is 14.1 Å². The number of hydrogen-bond acceptors (Lipinski definition) is 4. The molecule has 1 aliphatic heterocycles. The summed E-state index contributed by atoms with van der Waals surface area (Å²) in [6, 6.07) is 3.77. The van der Waals surface area contributed by atoms with E-state index in [1.807, 2.05) is 35.6 Å². The highest BCUT2D eigenvalue weighted by Gasteiger charge is 2.28. The number of carbonyl (C=O) groups is 1. The molecule has 0 aromatic carbocycles. The highest BCUT2D eigenvalue weighted by molar-refractivity contribution is 5.92. The Morgan fingerprint density at radius 2 is 2.32 bits per heavy atom. The number of carbonyl (C=O) groups excluding carboxylic acids is 1. The summed E-state index contributed by atoms with van der Waals surface area (Å²) in [5.74, 6) is 0.571. The maximum Gasteiger partial charge on any atom is 0.290 e. The first kappa shape index (κ1) is 14.8. The molecule has 0 unspecified atom stereocenters. The van der Waals surface area contributed by atoms with Gasteiger partial charge in [0.2, 0.25) is 0 Å². The molecule has 2 aromatic heterocycles. The van der Waals surface area contributed by atoms with Crippen molar-refractivity contribution >= 4 is 5.91 Å². The van der Waals surface area contributed by atoms with Gasteiger partial charge in [-0.25, -0.2) is 0 Å². The SMILES string of the molecule is CCOC[C@@H]1CN(C(=O)c2occc2C)Cc2ccnn2C1. The summed E-state index contributed by atoms with van der Waals surface area (Å²) >= 11 is 0. The molecular weight excluding hydrogens is 282 g/mol. The zero-order chi connectivity index (χ0) is 15.5. The lowest BCUT2D eigenvalue weighted by Gasteiger charge is -2.23. The first-order valence-electron chi connectivity index (χ1n) is 7.60. The molecule has 3 heterocycles. The molecule has 3 rings (SSSR count). The Morgan fingerprint density at radius 1 is 1.45 bits per heavy atom. The average Bonchev–Trinajstić information content (AvgIpc) is 3.09. The monoisotopic (exact) mass is 303 g/mol. The molecule has 0 fully saturated rings. The number of furan rings is 1. The fourth-order valence-electron chi connectivity index (χ4n) is 2.81. The molecule has 0 saturated carbocycles. The van der Waals surface area contributed by atoms with Crippen molar-refractivity contribution in [3.05, 3.63) is 41.6 Å². The van der Waals surface area contributed by atoms with Crippen LogP contribution in [0.1, 0.15) is 28.7 Å². The van der Waals surface area contributed by atoms with E-state index in [4.69, 9.17) is 9.15 Å². The first-order chi connectivity index (χ1) is 10.7. The lowest BCUT2D eigenvalue weighted by molar-refractivity contribution is 0.0590. The van der Waals surface area contributed by atoms with Crippen LogP contribution in [-0.4, -0.2) is 40.3 Å². The van der Waals surface area contributed by atoms with E-state index in [1.165, 1.54) is 0 Å². The maximum absolute atomic E-state index is 12.7. The van der Waals surface area contributed by atoms with Crippen LogP contribution >= 0.6 is 0 Å². The van der Waals surface area contributed by atoms with E-state index in [0.717, 1.165) is 17.8 Å². The predicted octanol–water partition coefficient (Wildman–Crippen LogP) is 2.09. The Morgan fingerprint density at radius 3 is 3.05 bits per heavy atom. The molecule has 6 heteroatoms. The van der Waals surface area contributed by atoms with Crippen molar-refractivity contribution in [2.24, 2.45) is 5.92 Å². The highest BCUT2D eigenvalue weighted by atomic mass is 16.5. The fourth-order valence-corrected chi connectivity index (χ4v) is 2.81. The Kier molecular flexibility index (Phi) is 4.29. The van der Waals surface area contributed by atoms with Gasteiger partial charge in [0.15, 0.2) is 5.76 Å². The van der Waals surface area contributed by atoms with Gasteiger partial charge >= 0.3 is 0 Å². The highest BCUT2D eigenvalue weighted by Crippen LogP contribution is 2.20. The third-order valence-electron chi connectivity index (χ3n) is 3.97. The van der Waals surface area contributed by atoms with Gasteiger partial charge in [0, 0.05) is 37.4 Å². The van der Waals surface area contributed by atoms with Crippen LogP contribution in [0.3, 0.4) is 0 Å².